The Morgan fingerprint density at radius 2 is 1.83 bits per heavy atom. The van der Waals surface area contributed by atoms with Gasteiger partial charge in [-0.05, 0) is 18.2 Å². The molecule has 0 aliphatic carbocycles. The lowest BCUT2D eigenvalue weighted by Crippen LogP contribution is -2.48. The van der Waals surface area contributed by atoms with Gasteiger partial charge in [0.25, 0.3) is 0 Å². The zero-order valence-corrected chi connectivity index (χ0v) is 21.1. The number of hydrogen-bond acceptors (Lipinski definition) is 10. The van der Waals surface area contributed by atoms with Crippen molar-refractivity contribution in [3.63, 3.8) is 0 Å². The van der Waals surface area contributed by atoms with E-state index in [9.17, 15) is 4.79 Å². The number of amides is 1. The van der Waals surface area contributed by atoms with Gasteiger partial charge in [-0.25, -0.2) is 15.0 Å². The van der Waals surface area contributed by atoms with Crippen LogP contribution in [0.25, 0.3) is 21.6 Å². The predicted molar refractivity (Wildman–Crippen MR) is 139 cm³/mol. The van der Waals surface area contributed by atoms with E-state index < -0.39 is 0 Å². The van der Waals surface area contributed by atoms with Crippen molar-refractivity contribution in [2.75, 3.05) is 83.8 Å². The van der Waals surface area contributed by atoms with Crippen LogP contribution in [0.4, 0.5) is 11.6 Å². The first kappa shape index (κ1) is 23.9. The topological polar surface area (TPSA) is 104 Å². The van der Waals surface area contributed by atoms with E-state index in [1.807, 2.05) is 20.2 Å². The average Bonchev–Trinajstić information content (AvgIpc) is 3.28. The maximum atomic E-state index is 12.0. The number of ether oxygens (including phenoxy) is 1. The molecule has 3 aromatic rings. The maximum absolute atomic E-state index is 12.0. The van der Waals surface area contributed by atoms with Crippen LogP contribution in [-0.2, 0) is 16.1 Å². The number of piperazine rings is 1. The minimum atomic E-state index is 0.157. The van der Waals surface area contributed by atoms with Gasteiger partial charge in [-0.3, -0.25) is 14.6 Å². The van der Waals surface area contributed by atoms with Crippen LogP contribution in [-0.4, -0.2) is 109 Å². The molecule has 5 rings (SSSR count). The number of carbonyl (C=O) groups is 1. The summed E-state index contributed by atoms with van der Waals surface area (Å²) in [6.45, 7) is 8.07. The van der Waals surface area contributed by atoms with E-state index in [0.717, 1.165) is 67.4 Å². The van der Waals surface area contributed by atoms with Gasteiger partial charge in [-0.1, -0.05) is 0 Å². The van der Waals surface area contributed by atoms with Crippen molar-refractivity contribution in [3.8, 4) is 11.4 Å². The summed E-state index contributed by atoms with van der Waals surface area (Å²) in [7, 11) is 3.62. The fraction of sp³-hybridized carbons (Fsp3) is 0.500. The number of anilines is 2. The lowest BCUT2D eigenvalue weighted by molar-refractivity contribution is -0.130. The maximum Gasteiger partial charge on any atom is 0.236 e. The molecule has 0 bridgehead atoms. The van der Waals surface area contributed by atoms with Crippen LogP contribution in [0.3, 0.4) is 0 Å². The van der Waals surface area contributed by atoms with E-state index in [1.54, 1.807) is 28.5 Å². The van der Waals surface area contributed by atoms with E-state index >= 15 is 0 Å². The molecule has 2 fully saturated rings. The molecule has 1 amide bonds. The van der Waals surface area contributed by atoms with Gasteiger partial charge in [0.15, 0.2) is 11.6 Å². The zero-order chi connectivity index (χ0) is 24.4. The zero-order valence-electron chi connectivity index (χ0n) is 20.3. The van der Waals surface area contributed by atoms with Gasteiger partial charge in [-0.2, -0.15) is 0 Å². The molecule has 0 saturated carbocycles. The van der Waals surface area contributed by atoms with Crippen LogP contribution in [0.1, 0.15) is 4.88 Å². The van der Waals surface area contributed by atoms with Crippen molar-refractivity contribution in [1.29, 1.82) is 0 Å². The van der Waals surface area contributed by atoms with Gasteiger partial charge < -0.3 is 20.3 Å². The monoisotopic (exact) mass is 496 g/mol. The van der Waals surface area contributed by atoms with E-state index in [-0.39, 0.29) is 5.91 Å². The Balaban J connectivity index is 1.36. The summed E-state index contributed by atoms with van der Waals surface area (Å²) >= 11 is 1.77. The summed E-state index contributed by atoms with van der Waals surface area (Å²) in [5.74, 6) is 2.26. The van der Waals surface area contributed by atoms with Crippen molar-refractivity contribution in [2.24, 2.45) is 0 Å². The molecule has 5 heterocycles. The highest BCUT2D eigenvalue weighted by Crippen LogP contribution is 2.35. The first-order chi connectivity index (χ1) is 17.0. The van der Waals surface area contributed by atoms with Gasteiger partial charge >= 0.3 is 0 Å². The highest BCUT2D eigenvalue weighted by molar-refractivity contribution is 7.19. The molecule has 0 atom stereocenters. The third-order valence-corrected chi connectivity index (χ3v) is 7.57. The van der Waals surface area contributed by atoms with Crippen LogP contribution in [0.15, 0.2) is 24.4 Å². The van der Waals surface area contributed by atoms with E-state index in [0.29, 0.717) is 31.4 Å². The van der Waals surface area contributed by atoms with Gasteiger partial charge in [0.2, 0.25) is 5.91 Å². The summed E-state index contributed by atoms with van der Waals surface area (Å²) in [5.41, 5.74) is 7.60. The lowest BCUT2D eigenvalue weighted by atomic mass is 10.2. The van der Waals surface area contributed by atoms with Gasteiger partial charge in [-0.15, -0.1) is 11.3 Å². The van der Waals surface area contributed by atoms with E-state index in [2.05, 4.69) is 25.8 Å². The molecule has 0 spiro atoms. The molecule has 11 heteroatoms. The molecular weight excluding hydrogens is 464 g/mol. The number of hydrogen-bond donors (Lipinski definition) is 1. The molecule has 10 nitrogen and oxygen atoms in total. The number of nitrogen functional groups attached to an aromatic ring is 1. The smallest absolute Gasteiger partial charge is 0.236 e. The van der Waals surface area contributed by atoms with Crippen LogP contribution < -0.4 is 10.6 Å². The van der Waals surface area contributed by atoms with Crippen LogP contribution in [0, 0.1) is 0 Å². The van der Waals surface area contributed by atoms with Crippen LogP contribution in [0.5, 0.6) is 0 Å². The quantitative estimate of drug-likeness (QED) is 0.542. The van der Waals surface area contributed by atoms with E-state index in [1.165, 1.54) is 4.88 Å². The summed E-state index contributed by atoms with van der Waals surface area (Å²) in [4.78, 5) is 36.0. The number of morpholine rings is 1. The fourth-order valence-corrected chi connectivity index (χ4v) is 5.51. The van der Waals surface area contributed by atoms with Crippen molar-refractivity contribution in [1.82, 2.24) is 29.7 Å². The molecule has 2 aliphatic rings. The van der Waals surface area contributed by atoms with Gasteiger partial charge in [0.1, 0.15) is 5.82 Å². The molecule has 186 valence electrons. The number of rotatable bonds is 6. The standard InChI is InChI=1S/C24H32N8O2S/c1-29(2)21(33)16-31-7-5-30(6-8-31)15-18-13-19-22(35-18)24(32-9-11-34-12-10-32)28-23(27-19)17-3-4-20(25)26-14-17/h3-4,13-14H,5-12,15-16H2,1-2H3,(H2,25,26). The van der Waals surface area contributed by atoms with Crippen molar-refractivity contribution < 1.29 is 9.53 Å². The second-order valence-corrected chi connectivity index (χ2v) is 10.3. The second kappa shape index (κ2) is 10.4. The number of thiophene rings is 1. The average molecular weight is 497 g/mol. The summed E-state index contributed by atoms with van der Waals surface area (Å²) in [6, 6.07) is 5.89. The molecule has 3 aromatic heterocycles. The number of fused-ring (bicyclic) bond motifs is 1. The van der Waals surface area contributed by atoms with Crippen LogP contribution >= 0.6 is 11.3 Å². The number of pyridine rings is 1. The summed E-state index contributed by atoms with van der Waals surface area (Å²) < 4.78 is 6.69. The summed E-state index contributed by atoms with van der Waals surface area (Å²) in [6.07, 6.45) is 1.73. The molecule has 2 saturated heterocycles. The molecule has 0 radical (unpaired) electrons. The third kappa shape index (κ3) is 5.53. The van der Waals surface area contributed by atoms with Crippen molar-refractivity contribution in [3.05, 3.63) is 29.3 Å². The normalized spacial score (nSPS) is 17.7. The SMILES string of the molecule is CN(C)C(=O)CN1CCN(Cc2cc3nc(-c4ccc(N)nc4)nc(N4CCOCC4)c3s2)CC1. The van der Waals surface area contributed by atoms with E-state index in [4.69, 9.17) is 20.4 Å². The number of carbonyl (C=O) groups excluding carboxylic acids is 1. The Labute approximate surface area is 209 Å². The predicted octanol–water partition coefficient (Wildman–Crippen LogP) is 1.38. The highest BCUT2D eigenvalue weighted by Gasteiger charge is 2.23. The lowest BCUT2D eigenvalue weighted by Gasteiger charge is -2.34. The van der Waals surface area contributed by atoms with Crippen molar-refractivity contribution >= 4 is 39.1 Å². The Morgan fingerprint density at radius 1 is 1.09 bits per heavy atom. The Kier molecular flexibility index (Phi) is 7.09. The summed E-state index contributed by atoms with van der Waals surface area (Å²) in [5, 5.41) is 0. The number of nitrogens with zero attached hydrogens (tertiary/aromatic N) is 7. The Morgan fingerprint density at radius 3 is 2.51 bits per heavy atom. The minimum Gasteiger partial charge on any atom is -0.384 e. The molecule has 0 aromatic carbocycles. The van der Waals surface area contributed by atoms with Gasteiger partial charge in [0.05, 0.1) is 30.0 Å². The number of nitrogens with two attached hydrogens (primary N) is 1. The largest absolute Gasteiger partial charge is 0.384 e. The molecule has 0 unspecified atom stereocenters. The highest BCUT2D eigenvalue weighted by atomic mass is 32.1. The molecule has 35 heavy (non-hydrogen) atoms. The van der Waals surface area contributed by atoms with Crippen LogP contribution in [0.2, 0.25) is 0 Å². The Hall–Kier alpha value is -2.86. The number of likely N-dealkylation sites (N-methyl/N-ethyl adjacent to an activating group) is 1. The second-order valence-electron chi connectivity index (χ2n) is 9.21. The van der Waals surface area contributed by atoms with Gasteiger partial charge in [0, 0.05) is 76.5 Å². The molecular formula is C24H32N8O2S. The fourth-order valence-electron chi connectivity index (χ4n) is 4.36. The molecule has 2 N–H and O–H groups in total. The Bertz CT molecular complexity index is 1170. The minimum absolute atomic E-state index is 0.157. The third-order valence-electron chi connectivity index (χ3n) is 6.46. The van der Waals surface area contributed by atoms with Crippen molar-refractivity contribution in [2.45, 2.75) is 6.54 Å². The first-order valence-electron chi connectivity index (χ1n) is 12.0. The number of aromatic nitrogens is 3. The molecule has 2 aliphatic heterocycles. The first-order valence-corrected chi connectivity index (χ1v) is 12.8.